The van der Waals surface area contributed by atoms with Crippen LogP contribution in [0.3, 0.4) is 0 Å². The molecule has 2 unspecified atom stereocenters. The van der Waals surface area contributed by atoms with Gasteiger partial charge in [-0.1, -0.05) is 44.1 Å². The molecule has 0 aliphatic carbocycles. The molecule has 3 nitrogen and oxygen atoms in total. The minimum absolute atomic E-state index is 0.0579. The van der Waals surface area contributed by atoms with E-state index in [1.807, 2.05) is 6.08 Å². The number of aliphatic hydroxyl groups excluding tert-OH is 1. The molecule has 0 aromatic rings. The SMILES string of the molecule is CCCCC/C=C/C(C/C=C\CO)OC1CCCCO1. The fourth-order valence-electron chi connectivity index (χ4n) is 2.26. The van der Waals surface area contributed by atoms with Crippen LogP contribution in [0.5, 0.6) is 0 Å². The maximum absolute atomic E-state index is 8.80. The number of hydrogen-bond donors (Lipinski definition) is 1. The van der Waals surface area contributed by atoms with Crippen LogP contribution in [0.15, 0.2) is 24.3 Å². The molecule has 0 spiro atoms. The Morgan fingerprint density at radius 1 is 1.25 bits per heavy atom. The van der Waals surface area contributed by atoms with Crippen molar-refractivity contribution in [3.8, 4) is 0 Å². The molecule has 1 saturated heterocycles. The van der Waals surface area contributed by atoms with Crippen molar-refractivity contribution >= 4 is 0 Å². The summed E-state index contributed by atoms with van der Waals surface area (Å²) in [5.74, 6) is 0. The zero-order valence-electron chi connectivity index (χ0n) is 12.8. The molecular formula is C17H30O3. The Labute approximate surface area is 123 Å². The van der Waals surface area contributed by atoms with Gasteiger partial charge in [-0.3, -0.25) is 0 Å². The monoisotopic (exact) mass is 282 g/mol. The quantitative estimate of drug-likeness (QED) is 0.486. The number of hydrogen-bond acceptors (Lipinski definition) is 3. The number of unbranched alkanes of at least 4 members (excludes halogenated alkanes) is 3. The summed E-state index contributed by atoms with van der Waals surface area (Å²) in [5.41, 5.74) is 0. The molecule has 1 aliphatic rings. The van der Waals surface area contributed by atoms with Crippen LogP contribution < -0.4 is 0 Å². The highest BCUT2D eigenvalue weighted by Crippen LogP contribution is 2.17. The molecule has 0 radical (unpaired) electrons. The summed E-state index contributed by atoms with van der Waals surface area (Å²) in [6.07, 6.45) is 17.1. The molecule has 0 aromatic carbocycles. The van der Waals surface area contributed by atoms with E-state index in [0.717, 1.165) is 32.3 Å². The van der Waals surface area contributed by atoms with Gasteiger partial charge in [-0.25, -0.2) is 0 Å². The Balaban J connectivity index is 2.35. The zero-order valence-corrected chi connectivity index (χ0v) is 12.8. The maximum atomic E-state index is 8.80. The van der Waals surface area contributed by atoms with E-state index < -0.39 is 0 Å². The van der Waals surface area contributed by atoms with E-state index in [9.17, 15) is 0 Å². The number of aliphatic hydroxyl groups is 1. The third-order valence-corrected chi connectivity index (χ3v) is 3.43. The summed E-state index contributed by atoms with van der Waals surface area (Å²) in [4.78, 5) is 0. The highest BCUT2D eigenvalue weighted by molar-refractivity contribution is 4.95. The van der Waals surface area contributed by atoms with Crippen LogP contribution in [0.4, 0.5) is 0 Å². The maximum Gasteiger partial charge on any atom is 0.158 e. The van der Waals surface area contributed by atoms with Crippen molar-refractivity contribution in [1.82, 2.24) is 0 Å². The van der Waals surface area contributed by atoms with Crippen molar-refractivity contribution in [3.63, 3.8) is 0 Å². The molecule has 1 rings (SSSR count). The van der Waals surface area contributed by atoms with Gasteiger partial charge in [0.1, 0.15) is 0 Å². The molecule has 1 heterocycles. The lowest BCUT2D eigenvalue weighted by molar-refractivity contribution is -0.177. The average molecular weight is 282 g/mol. The molecule has 0 amide bonds. The van der Waals surface area contributed by atoms with E-state index in [2.05, 4.69) is 19.1 Å². The highest BCUT2D eigenvalue weighted by atomic mass is 16.7. The highest BCUT2D eigenvalue weighted by Gasteiger charge is 2.17. The first-order valence-electron chi connectivity index (χ1n) is 8.06. The van der Waals surface area contributed by atoms with Gasteiger partial charge in [0.15, 0.2) is 6.29 Å². The largest absolute Gasteiger partial charge is 0.392 e. The molecule has 0 bridgehead atoms. The van der Waals surface area contributed by atoms with E-state index in [-0.39, 0.29) is 19.0 Å². The molecule has 116 valence electrons. The Morgan fingerprint density at radius 2 is 2.15 bits per heavy atom. The Kier molecular flexibility index (Phi) is 10.6. The van der Waals surface area contributed by atoms with Crippen LogP contribution in [-0.2, 0) is 9.47 Å². The van der Waals surface area contributed by atoms with Gasteiger partial charge in [-0.2, -0.15) is 0 Å². The topological polar surface area (TPSA) is 38.7 Å². The molecule has 1 aliphatic heterocycles. The molecule has 2 atom stereocenters. The van der Waals surface area contributed by atoms with Crippen molar-refractivity contribution in [1.29, 1.82) is 0 Å². The van der Waals surface area contributed by atoms with Gasteiger partial charge >= 0.3 is 0 Å². The lowest BCUT2D eigenvalue weighted by Crippen LogP contribution is -2.26. The first kappa shape index (κ1) is 17.4. The van der Waals surface area contributed by atoms with Gasteiger partial charge in [0.05, 0.1) is 12.7 Å². The molecule has 0 aromatic heterocycles. The molecule has 1 N–H and O–H groups in total. The van der Waals surface area contributed by atoms with Gasteiger partial charge in [0.25, 0.3) is 0 Å². The average Bonchev–Trinajstić information content (AvgIpc) is 2.48. The van der Waals surface area contributed by atoms with Crippen molar-refractivity contribution in [3.05, 3.63) is 24.3 Å². The molecule has 3 heteroatoms. The molecular weight excluding hydrogens is 252 g/mol. The predicted molar refractivity (Wildman–Crippen MR) is 82.6 cm³/mol. The fourth-order valence-corrected chi connectivity index (χ4v) is 2.26. The Bertz CT molecular complexity index is 267. The van der Waals surface area contributed by atoms with Crippen LogP contribution in [0.25, 0.3) is 0 Å². The number of rotatable bonds is 10. The lowest BCUT2D eigenvalue weighted by atomic mass is 10.1. The van der Waals surface area contributed by atoms with Crippen molar-refractivity contribution in [2.75, 3.05) is 13.2 Å². The first-order chi connectivity index (χ1) is 9.86. The minimum Gasteiger partial charge on any atom is -0.392 e. The first-order valence-corrected chi connectivity index (χ1v) is 8.06. The van der Waals surface area contributed by atoms with Crippen molar-refractivity contribution < 1.29 is 14.6 Å². The lowest BCUT2D eigenvalue weighted by Gasteiger charge is -2.26. The van der Waals surface area contributed by atoms with Crippen molar-refractivity contribution in [2.45, 2.75) is 70.7 Å². The van der Waals surface area contributed by atoms with Crippen LogP contribution >= 0.6 is 0 Å². The summed E-state index contributed by atoms with van der Waals surface area (Å²) >= 11 is 0. The van der Waals surface area contributed by atoms with Crippen LogP contribution in [0.1, 0.15) is 58.3 Å². The van der Waals surface area contributed by atoms with E-state index >= 15 is 0 Å². The second-order valence-electron chi connectivity index (χ2n) is 5.28. The van der Waals surface area contributed by atoms with Gasteiger partial charge in [-0.05, 0) is 38.5 Å². The van der Waals surface area contributed by atoms with Gasteiger partial charge in [0.2, 0.25) is 0 Å². The van der Waals surface area contributed by atoms with E-state index in [0.29, 0.717) is 0 Å². The number of allylic oxidation sites excluding steroid dienone is 1. The summed E-state index contributed by atoms with van der Waals surface area (Å²) in [6, 6.07) is 0. The number of ether oxygens (including phenoxy) is 2. The van der Waals surface area contributed by atoms with E-state index in [1.54, 1.807) is 6.08 Å². The summed E-state index contributed by atoms with van der Waals surface area (Å²) in [6.45, 7) is 3.12. The normalized spacial score (nSPS) is 21.8. The van der Waals surface area contributed by atoms with Gasteiger partial charge in [-0.15, -0.1) is 0 Å². The van der Waals surface area contributed by atoms with Crippen LogP contribution in [-0.4, -0.2) is 30.7 Å². The molecule has 20 heavy (non-hydrogen) atoms. The predicted octanol–water partition coefficient (Wildman–Crippen LogP) is 3.97. The second kappa shape index (κ2) is 12.1. The smallest absolute Gasteiger partial charge is 0.158 e. The summed E-state index contributed by atoms with van der Waals surface area (Å²) in [5, 5.41) is 8.80. The molecule has 0 saturated carbocycles. The van der Waals surface area contributed by atoms with Crippen LogP contribution in [0.2, 0.25) is 0 Å². The van der Waals surface area contributed by atoms with E-state index in [4.69, 9.17) is 14.6 Å². The Hall–Kier alpha value is -0.640. The summed E-state index contributed by atoms with van der Waals surface area (Å²) in [7, 11) is 0. The van der Waals surface area contributed by atoms with Crippen LogP contribution in [0, 0.1) is 0 Å². The fraction of sp³-hybridized carbons (Fsp3) is 0.765. The van der Waals surface area contributed by atoms with Gasteiger partial charge in [0, 0.05) is 6.61 Å². The third kappa shape index (κ3) is 8.51. The third-order valence-electron chi connectivity index (χ3n) is 3.43. The summed E-state index contributed by atoms with van der Waals surface area (Å²) < 4.78 is 11.6. The minimum atomic E-state index is -0.0587. The molecule has 1 fully saturated rings. The van der Waals surface area contributed by atoms with E-state index in [1.165, 1.54) is 25.7 Å². The second-order valence-corrected chi connectivity index (χ2v) is 5.28. The standard InChI is InChI=1S/C17H30O3/c1-2-3-4-5-6-11-16(12-7-9-14-18)20-17-13-8-10-15-19-17/h6-7,9,11,16-18H,2-5,8,10,12-15H2,1H3/b9-7-,11-6+. The zero-order chi connectivity index (χ0) is 14.5. The van der Waals surface area contributed by atoms with Crippen molar-refractivity contribution in [2.24, 2.45) is 0 Å². The Morgan fingerprint density at radius 3 is 2.85 bits per heavy atom. The van der Waals surface area contributed by atoms with Gasteiger partial charge < -0.3 is 14.6 Å².